The number of ether oxygens (including phenoxy) is 1. The van der Waals surface area contributed by atoms with E-state index in [0.29, 0.717) is 15.8 Å². The number of fused-ring (bicyclic) bond motifs is 1. The molecule has 0 fully saturated rings. The zero-order valence-electron chi connectivity index (χ0n) is 23.8. The van der Waals surface area contributed by atoms with E-state index in [9.17, 15) is 37.1 Å². The molecule has 13 heteroatoms. The van der Waals surface area contributed by atoms with Crippen LogP contribution in [0.3, 0.4) is 0 Å². The molecule has 2 heterocycles. The first-order valence-electron chi connectivity index (χ1n) is 12.8. The number of hydrogen-bond acceptors (Lipinski definition) is 6. The quantitative estimate of drug-likeness (QED) is 0.444. The predicted molar refractivity (Wildman–Crippen MR) is 147 cm³/mol. The number of nitrogens with zero attached hydrogens (tertiary/aromatic N) is 3. The molecule has 1 aliphatic heterocycles. The average Bonchev–Trinajstić information content (AvgIpc) is 3.10. The van der Waals surface area contributed by atoms with Crippen LogP contribution in [0.25, 0.3) is 5.69 Å². The van der Waals surface area contributed by atoms with E-state index in [4.69, 9.17) is 0 Å². The van der Waals surface area contributed by atoms with Gasteiger partial charge < -0.3 is 15.0 Å². The molecule has 222 valence electrons. The van der Waals surface area contributed by atoms with Crippen molar-refractivity contribution in [2.45, 2.75) is 51.9 Å². The van der Waals surface area contributed by atoms with Crippen LogP contribution in [0.15, 0.2) is 52.2 Å². The van der Waals surface area contributed by atoms with Gasteiger partial charge in [-0.15, -0.1) is 0 Å². The van der Waals surface area contributed by atoms with Crippen molar-refractivity contribution in [2.75, 3.05) is 19.1 Å². The van der Waals surface area contributed by atoms with Gasteiger partial charge in [-0.1, -0.05) is 12.1 Å². The molecule has 1 N–H and O–H groups in total. The van der Waals surface area contributed by atoms with Crippen molar-refractivity contribution in [3.63, 3.8) is 0 Å². The van der Waals surface area contributed by atoms with Crippen LogP contribution in [0.2, 0.25) is 0 Å². The number of esters is 1. The summed E-state index contributed by atoms with van der Waals surface area (Å²) in [7, 11) is 2.73. The molecule has 0 unspecified atom stereocenters. The first-order chi connectivity index (χ1) is 19.5. The lowest BCUT2D eigenvalue weighted by molar-refractivity contribution is -0.142. The minimum atomic E-state index is -4.67. The normalized spacial score (nSPS) is 14.9. The maximum Gasteiger partial charge on any atom is 0.416 e. The number of benzene rings is 2. The Balaban J connectivity index is 1.94. The van der Waals surface area contributed by atoms with Gasteiger partial charge in [-0.05, 0) is 68.7 Å². The zero-order valence-corrected chi connectivity index (χ0v) is 23.8. The maximum atomic E-state index is 13.8. The molecular weight excluding hydrogens is 557 g/mol. The Morgan fingerprint density at radius 2 is 1.76 bits per heavy atom. The molecule has 0 bridgehead atoms. The van der Waals surface area contributed by atoms with Gasteiger partial charge in [-0.25, -0.2) is 9.59 Å². The largest absolute Gasteiger partial charge is 0.467 e. The van der Waals surface area contributed by atoms with Crippen LogP contribution in [0.4, 0.5) is 18.9 Å². The Kier molecular flexibility index (Phi) is 7.66. The third-order valence-electron chi connectivity index (χ3n) is 7.53. The van der Waals surface area contributed by atoms with E-state index < -0.39 is 58.4 Å². The van der Waals surface area contributed by atoms with Crippen molar-refractivity contribution in [1.29, 1.82) is 0 Å². The van der Waals surface area contributed by atoms with Gasteiger partial charge in [0.25, 0.3) is 11.5 Å². The standard InChI is InChI=1S/C29H29F3N4O6/c1-15-17(8-7-9-20(15)29(30,31)32)13-36-24(38)19(23(37)33-16(2)25(39)42-6)14-35(27(36)41)18-10-11-22-21(12-18)28(3,4)26(40)34(22)5/h7-12,14,16H,13H2,1-6H3,(H,33,37)/t16-/m0/s1. The van der Waals surface area contributed by atoms with E-state index in [2.05, 4.69) is 10.1 Å². The molecule has 3 aromatic rings. The van der Waals surface area contributed by atoms with Crippen LogP contribution in [-0.4, -0.2) is 47.1 Å². The molecule has 1 aromatic heterocycles. The summed E-state index contributed by atoms with van der Waals surface area (Å²) >= 11 is 0. The summed E-state index contributed by atoms with van der Waals surface area (Å²) in [5, 5.41) is 2.34. The number of carbonyl (C=O) groups is 3. The lowest BCUT2D eigenvalue weighted by Crippen LogP contribution is -2.46. The van der Waals surface area contributed by atoms with Crippen molar-refractivity contribution < 1.29 is 32.3 Å². The first-order valence-corrected chi connectivity index (χ1v) is 12.8. The third-order valence-corrected chi connectivity index (χ3v) is 7.53. The van der Waals surface area contributed by atoms with E-state index in [0.717, 1.165) is 23.9 Å². The predicted octanol–water partition coefficient (Wildman–Crippen LogP) is 2.92. The summed E-state index contributed by atoms with van der Waals surface area (Å²) in [6.45, 7) is 5.43. The van der Waals surface area contributed by atoms with E-state index in [1.165, 1.54) is 36.9 Å². The van der Waals surface area contributed by atoms with E-state index in [1.807, 2.05) is 0 Å². The second-order valence-corrected chi connectivity index (χ2v) is 10.6. The average molecular weight is 587 g/mol. The maximum absolute atomic E-state index is 13.8. The Labute approximate surface area is 238 Å². The first kappa shape index (κ1) is 30.3. The number of rotatable bonds is 6. The van der Waals surface area contributed by atoms with E-state index in [-0.39, 0.29) is 22.7 Å². The number of amides is 2. The van der Waals surface area contributed by atoms with Crippen molar-refractivity contribution in [3.05, 3.63) is 91.3 Å². The third kappa shape index (κ3) is 5.10. The molecule has 0 spiro atoms. The van der Waals surface area contributed by atoms with Gasteiger partial charge in [0.05, 0.1) is 30.3 Å². The van der Waals surface area contributed by atoms with Gasteiger partial charge in [0.2, 0.25) is 5.91 Å². The fraction of sp³-hybridized carbons (Fsp3) is 0.345. The Morgan fingerprint density at radius 1 is 1.10 bits per heavy atom. The van der Waals surface area contributed by atoms with Gasteiger partial charge in [0.15, 0.2) is 0 Å². The highest BCUT2D eigenvalue weighted by Crippen LogP contribution is 2.41. The topological polar surface area (TPSA) is 120 Å². The molecule has 1 atom stereocenters. The van der Waals surface area contributed by atoms with Crippen molar-refractivity contribution in [2.24, 2.45) is 0 Å². The van der Waals surface area contributed by atoms with Gasteiger partial charge in [-0.3, -0.25) is 23.5 Å². The molecular formula is C29H29F3N4O6. The number of aromatic nitrogens is 2. The SMILES string of the molecule is COC(=O)[C@H](C)NC(=O)c1cn(-c2ccc3c(c2)C(C)(C)C(=O)N3C)c(=O)n(Cc2cccc(C(F)(F)F)c2C)c1=O. The van der Waals surface area contributed by atoms with Crippen LogP contribution in [0.1, 0.15) is 53.4 Å². The Hall–Kier alpha value is -4.68. The minimum Gasteiger partial charge on any atom is -0.467 e. The van der Waals surface area contributed by atoms with Gasteiger partial charge in [-0.2, -0.15) is 13.2 Å². The number of hydrogen-bond donors (Lipinski definition) is 1. The summed E-state index contributed by atoms with van der Waals surface area (Å²) in [6, 6.07) is 6.99. The van der Waals surface area contributed by atoms with Crippen LogP contribution in [-0.2, 0) is 32.5 Å². The van der Waals surface area contributed by atoms with E-state index in [1.54, 1.807) is 33.0 Å². The molecule has 2 aromatic carbocycles. The van der Waals surface area contributed by atoms with E-state index >= 15 is 0 Å². The number of carbonyl (C=O) groups excluding carboxylic acids is 3. The number of alkyl halides is 3. The van der Waals surface area contributed by atoms with Crippen molar-refractivity contribution >= 4 is 23.5 Å². The molecule has 0 aliphatic carbocycles. The van der Waals surface area contributed by atoms with Crippen LogP contribution >= 0.6 is 0 Å². The van der Waals surface area contributed by atoms with Gasteiger partial charge in [0, 0.05) is 18.9 Å². The van der Waals surface area contributed by atoms with Crippen molar-refractivity contribution in [3.8, 4) is 5.69 Å². The zero-order chi connectivity index (χ0) is 31.3. The molecule has 10 nitrogen and oxygen atoms in total. The number of nitrogens with one attached hydrogen (secondary N) is 1. The summed E-state index contributed by atoms with van der Waals surface area (Å²) < 4.78 is 47.0. The molecule has 42 heavy (non-hydrogen) atoms. The molecule has 0 radical (unpaired) electrons. The number of halogens is 3. The molecule has 0 saturated heterocycles. The molecule has 4 rings (SSSR count). The van der Waals surface area contributed by atoms with Crippen LogP contribution in [0, 0.1) is 6.92 Å². The van der Waals surface area contributed by atoms with Gasteiger partial charge in [0.1, 0.15) is 11.6 Å². The highest BCUT2D eigenvalue weighted by Gasteiger charge is 2.42. The molecule has 0 saturated carbocycles. The van der Waals surface area contributed by atoms with Gasteiger partial charge >= 0.3 is 17.8 Å². The second-order valence-electron chi connectivity index (χ2n) is 10.6. The minimum absolute atomic E-state index is 0.0402. The number of anilines is 1. The fourth-order valence-electron chi connectivity index (χ4n) is 5.04. The highest BCUT2D eigenvalue weighted by molar-refractivity contribution is 6.07. The number of likely N-dealkylation sites (N-methyl/N-ethyl adjacent to an activating group) is 1. The van der Waals surface area contributed by atoms with Crippen molar-refractivity contribution in [1.82, 2.24) is 14.5 Å². The summed E-state index contributed by atoms with van der Waals surface area (Å²) in [6.07, 6.45) is -3.66. The molecule has 2 amide bonds. The Morgan fingerprint density at radius 3 is 2.38 bits per heavy atom. The fourth-order valence-corrected chi connectivity index (χ4v) is 5.04. The summed E-state index contributed by atoms with van der Waals surface area (Å²) in [4.78, 5) is 66.6. The Bertz CT molecular complexity index is 1740. The monoisotopic (exact) mass is 586 g/mol. The second kappa shape index (κ2) is 10.6. The van der Waals surface area contributed by atoms with Crippen LogP contribution < -0.4 is 21.5 Å². The smallest absolute Gasteiger partial charge is 0.416 e. The molecule has 1 aliphatic rings. The lowest BCUT2D eigenvalue weighted by Gasteiger charge is -2.19. The lowest BCUT2D eigenvalue weighted by atomic mass is 9.86. The highest BCUT2D eigenvalue weighted by atomic mass is 19.4. The summed E-state index contributed by atoms with van der Waals surface area (Å²) in [5.74, 6) is -1.97. The van der Waals surface area contributed by atoms with Crippen LogP contribution in [0.5, 0.6) is 0 Å². The number of methoxy groups -OCH3 is 1. The summed E-state index contributed by atoms with van der Waals surface area (Å²) in [5.41, 5.74) is -3.13.